The summed E-state index contributed by atoms with van der Waals surface area (Å²) in [6.45, 7) is 1.08. The molecule has 1 aromatic rings. The average Bonchev–Trinajstić information content (AvgIpc) is 2.36. The Morgan fingerprint density at radius 2 is 2.18 bits per heavy atom. The molecule has 0 aromatic heterocycles. The molecular formula is C13H13BrO3. The third-order valence-corrected chi connectivity index (χ3v) is 3.16. The van der Waals surface area contributed by atoms with Crippen LogP contribution < -0.4 is 9.47 Å². The summed E-state index contributed by atoms with van der Waals surface area (Å²) < 4.78 is 11.8. The lowest BCUT2D eigenvalue weighted by atomic mass is 10.0. The van der Waals surface area contributed by atoms with Gasteiger partial charge in [-0.25, -0.2) is 0 Å². The molecule has 1 aliphatic rings. The molecule has 1 unspecified atom stereocenters. The van der Waals surface area contributed by atoms with E-state index in [1.165, 1.54) is 0 Å². The lowest BCUT2D eigenvalue weighted by Crippen LogP contribution is -2.16. The Morgan fingerprint density at radius 3 is 2.94 bits per heavy atom. The van der Waals surface area contributed by atoms with Crippen molar-refractivity contribution in [2.45, 2.75) is 18.9 Å². The van der Waals surface area contributed by atoms with E-state index in [1.807, 2.05) is 6.07 Å². The van der Waals surface area contributed by atoms with Gasteiger partial charge in [0.15, 0.2) is 11.5 Å². The third-order valence-electron chi connectivity index (χ3n) is 2.57. The van der Waals surface area contributed by atoms with Crippen molar-refractivity contribution in [3.05, 3.63) is 22.2 Å². The summed E-state index contributed by atoms with van der Waals surface area (Å²) in [5.74, 6) is 3.88. The van der Waals surface area contributed by atoms with Gasteiger partial charge < -0.3 is 14.6 Å². The normalized spacial score (nSPS) is 15.1. The van der Waals surface area contributed by atoms with Crippen LogP contribution in [0.3, 0.4) is 0 Å². The second-order valence-corrected chi connectivity index (χ2v) is 4.64. The Kier molecular flexibility index (Phi) is 3.93. The highest BCUT2D eigenvalue weighted by molar-refractivity contribution is 9.10. The van der Waals surface area contributed by atoms with Crippen LogP contribution in [0, 0.1) is 12.3 Å². The molecular weight excluding hydrogens is 284 g/mol. The second kappa shape index (κ2) is 5.44. The van der Waals surface area contributed by atoms with Gasteiger partial charge in [-0.05, 0) is 40.0 Å². The fourth-order valence-corrected chi connectivity index (χ4v) is 2.28. The third kappa shape index (κ3) is 2.74. The van der Waals surface area contributed by atoms with Gasteiger partial charge in [-0.1, -0.05) is 0 Å². The van der Waals surface area contributed by atoms with E-state index in [4.69, 9.17) is 15.9 Å². The standard InChI is InChI=1S/C13H13BrO3/c1-2-3-4-11(15)9-7-10(14)13-12(8-9)16-5-6-17-13/h1,7-8,11,15H,3-6H2. The first-order valence-corrected chi connectivity index (χ1v) is 6.22. The summed E-state index contributed by atoms with van der Waals surface area (Å²) in [5.41, 5.74) is 0.788. The van der Waals surface area contributed by atoms with Gasteiger partial charge in [0.1, 0.15) is 13.2 Å². The molecule has 0 amide bonds. The average molecular weight is 297 g/mol. The van der Waals surface area contributed by atoms with E-state index in [1.54, 1.807) is 6.07 Å². The van der Waals surface area contributed by atoms with Crippen LogP contribution >= 0.6 is 15.9 Å². The zero-order valence-electron chi connectivity index (χ0n) is 9.28. The fourth-order valence-electron chi connectivity index (χ4n) is 1.71. The highest BCUT2D eigenvalue weighted by Gasteiger charge is 2.18. The minimum Gasteiger partial charge on any atom is -0.486 e. The van der Waals surface area contributed by atoms with E-state index in [0.29, 0.717) is 37.6 Å². The first-order chi connectivity index (χ1) is 8.22. The number of terminal acetylenes is 1. The Labute approximate surface area is 109 Å². The van der Waals surface area contributed by atoms with Crippen molar-refractivity contribution in [2.75, 3.05) is 13.2 Å². The minimum atomic E-state index is -0.571. The van der Waals surface area contributed by atoms with Gasteiger partial charge in [0, 0.05) is 6.42 Å². The van der Waals surface area contributed by atoms with Crippen LogP contribution in [-0.2, 0) is 0 Å². The van der Waals surface area contributed by atoms with E-state index >= 15 is 0 Å². The van der Waals surface area contributed by atoms with Crippen LogP contribution in [0.25, 0.3) is 0 Å². The predicted octanol–water partition coefficient (Wildman–Crippen LogP) is 2.67. The molecule has 17 heavy (non-hydrogen) atoms. The molecule has 0 spiro atoms. The minimum absolute atomic E-state index is 0.531. The van der Waals surface area contributed by atoms with Gasteiger partial charge in [-0.15, -0.1) is 12.3 Å². The van der Waals surface area contributed by atoms with Crippen molar-refractivity contribution >= 4 is 15.9 Å². The fraction of sp³-hybridized carbons (Fsp3) is 0.385. The lowest BCUT2D eigenvalue weighted by Gasteiger charge is -2.21. The number of fused-ring (bicyclic) bond motifs is 1. The number of aliphatic hydroxyl groups excluding tert-OH is 1. The number of benzene rings is 1. The van der Waals surface area contributed by atoms with Gasteiger partial charge in [0.05, 0.1) is 10.6 Å². The zero-order valence-corrected chi connectivity index (χ0v) is 10.9. The Morgan fingerprint density at radius 1 is 1.41 bits per heavy atom. The van der Waals surface area contributed by atoms with E-state index < -0.39 is 6.10 Å². The van der Waals surface area contributed by atoms with Gasteiger partial charge in [0.2, 0.25) is 0 Å². The molecule has 1 N–H and O–H groups in total. The van der Waals surface area contributed by atoms with Crippen LogP contribution in [0.4, 0.5) is 0 Å². The maximum atomic E-state index is 9.96. The highest BCUT2D eigenvalue weighted by atomic mass is 79.9. The van der Waals surface area contributed by atoms with Crippen molar-refractivity contribution in [1.29, 1.82) is 0 Å². The Bertz CT molecular complexity index is 451. The molecule has 0 saturated heterocycles. The summed E-state index contributed by atoms with van der Waals surface area (Å²) in [4.78, 5) is 0. The maximum absolute atomic E-state index is 9.96. The molecule has 3 nitrogen and oxygen atoms in total. The molecule has 1 heterocycles. The number of hydrogen-bond acceptors (Lipinski definition) is 3. The quantitative estimate of drug-likeness (QED) is 0.872. The molecule has 0 fully saturated rings. The number of ether oxygens (including phenoxy) is 2. The topological polar surface area (TPSA) is 38.7 Å². The second-order valence-electron chi connectivity index (χ2n) is 3.79. The first-order valence-electron chi connectivity index (χ1n) is 5.43. The summed E-state index contributed by atoms with van der Waals surface area (Å²) in [5, 5.41) is 9.96. The van der Waals surface area contributed by atoms with E-state index in [0.717, 1.165) is 10.0 Å². The first kappa shape index (κ1) is 12.3. The summed E-state index contributed by atoms with van der Waals surface area (Å²) in [6, 6.07) is 3.65. The molecule has 0 bridgehead atoms. The van der Waals surface area contributed by atoms with Crippen LogP contribution in [0.15, 0.2) is 16.6 Å². The Hall–Kier alpha value is -1.18. The predicted molar refractivity (Wildman–Crippen MR) is 68.2 cm³/mol. The zero-order chi connectivity index (χ0) is 12.3. The van der Waals surface area contributed by atoms with Crippen LogP contribution in [0.5, 0.6) is 11.5 Å². The molecule has 1 atom stereocenters. The van der Waals surface area contributed by atoms with Crippen LogP contribution in [-0.4, -0.2) is 18.3 Å². The van der Waals surface area contributed by atoms with Gasteiger partial charge in [-0.2, -0.15) is 0 Å². The highest BCUT2D eigenvalue weighted by Crippen LogP contribution is 2.40. The molecule has 1 aliphatic heterocycles. The summed E-state index contributed by atoms with van der Waals surface area (Å²) in [6.07, 6.45) is 5.70. The SMILES string of the molecule is C#CCCC(O)c1cc(Br)c2c(c1)OCCO2. The molecule has 0 radical (unpaired) electrons. The molecule has 4 heteroatoms. The Balaban J connectivity index is 2.25. The van der Waals surface area contributed by atoms with Crippen molar-refractivity contribution in [1.82, 2.24) is 0 Å². The lowest BCUT2D eigenvalue weighted by molar-refractivity contribution is 0.159. The summed E-state index contributed by atoms with van der Waals surface area (Å²) >= 11 is 3.41. The molecule has 90 valence electrons. The maximum Gasteiger partial charge on any atom is 0.175 e. The van der Waals surface area contributed by atoms with Crippen molar-refractivity contribution in [2.24, 2.45) is 0 Å². The number of hydrogen-bond donors (Lipinski definition) is 1. The largest absolute Gasteiger partial charge is 0.486 e. The number of aliphatic hydroxyl groups is 1. The molecule has 0 aliphatic carbocycles. The van der Waals surface area contributed by atoms with Gasteiger partial charge >= 0.3 is 0 Å². The van der Waals surface area contributed by atoms with Crippen molar-refractivity contribution in [3.63, 3.8) is 0 Å². The smallest absolute Gasteiger partial charge is 0.175 e. The van der Waals surface area contributed by atoms with Crippen LogP contribution in [0.1, 0.15) is 24.5 Å². The molecule has 2 rings (SSSR count). The van der Waals surface area contributed by atoms with Crippen molar-refractivity contribution < 1.29 is 14.6 Å². The number of halogens is 1. The molecule has 0 saturated carbocycles. The monoisotopic (exact) mass is 296 g/mol. The van der Waals surface area contributed by atoms with E-state index in [2.05, 4.69) is 21.9 Å². The van der Waals surface area contributed by atoms with E-state index in [9.17, 15) is 5.11 Å². The number of rotatable bonds is 3. The van der Waals surface area contributed by atoms with Gasteiger partial charge in [0.25, 0.3) is 0 Å². The summed E-state index contributed by atoms with van der Waals surface area (Å²) in [7, 11) is 0. The van der Waals surface area contributed by atoms with Crippen LogP contribution in [0.2, 0.25) is 0 Å². The van der Waals surface area contributed by atoms with Gasteiger partial charge in [-0.3, -0.25) is 0 Å². The molecule has 1 aromatic carbocycles. The van der Waals surface area contributed by atoms with Crippen molar-refractivity contribution in [3.8, 4) is 23.8 Å². The van der Waals surface area contributed by atoms with E-state index in [-0.39, 0.29) is 0 Å².